The molecule has 1 amide bonds. The molecule has 1 aromatic rings. The molecule has 1 saturated heterocycles. The van der Waals surface area contributed by atoms with Gasteiger partial charge in [0.05, 0.1) is 11.2 Å². The summed E-state index contributed by atoms with van der Waals surface area (Å²) in [5.41, 5.74) is 4.77. The number of nitrogens with zero attached hydrogens (tertiary/aromatic N) is 1. The fraction of sp³-hybridized carbons (Fsp3) is 0.500. The molecule has 0 atom stereocenters. The van der Waals surface area contributed by atoms with Crippen LogP contribution in [-0.4, -0.2) is 41.4 Å². The number of pyridine rings is 1. The molecule has 0 unspecified atom stereocenters. The lowest BCUT2D eigenvalue weighted by atomic mass is 9.94. The SMILES string of the molecule is NC(=O)c1cccnc1NCC1(O)CCOCC1. The lowest BCUT2D eigenvalue weighted by molar-refractivity contribution is -0.0543. The summed E-state index contributed by atoms with van der Waals surface area (Å²) in [6.07, 6.45) is 2.71. The van der Waals surface area contributed by atoms with Gasteiger partial charge in [0.2, 0.25) is 0 Å². The minimum atomic E-state index is -0.815. The molecule has 1 aliphatic rings. The Morgan fingerprint density at radius 3 is 2.94 bits per heavy atom. The van der Waals surface area contributed by atoms with Crippen molar-refractivity contribution in [3.05, 3.63) is 23.9 Å². The second kappa shape index (κ2) is 5.32. The zero-order valence-corrected chi connectivity index (χ0v) is 10.1. The molecule has 2 rings (SSSR count). The average Bonchev–Trinajstić information content (AvgIpc) is 2.38. The number of hydrogen-bond acceptors (Lipinski definition) is 5. The highest BCUT2D eigenvalue weighted by molar-refractivity contribution is 5.97. The van der Waals surface area contributed by atoms with Crippen LogP contribution >= 0.6 is 0 Å². The van der Waals surface area contributed by atoms with Crippen molar-refractivity contribution in [2.45, 2.75) is 18.4 Å². The first-order valence-electron chi connectivity index (χ1n) is 5.90. The van der Waals surface area contributed by atoms with Gasteiger partial charge in [0, 0.05) is 38.8 Å². The van der Waals surface area contributed by atoms with E-state index >= 15 is 0 Å². The molecular weight excluding hydrogens is 234 g/mol. The van der Waals surface area contributed by atoms with Crippen molar-refractivity contribution in [1.82, 2.24) is 4.98 Å². The molecule has 1 fully saturated rings. The van der Waals surface area contributed by atoms with E-state index in [0.717, 1.165) is 0 Å². The van der Waals surface area contributed by atoms with Crippen LogP contribution < -0.4 is 11.1 Å². The van der Waals surface area contributed by atoms with Crippen LogP contribution in [-0.2, 0) is 4.74 Å². The van der Waals surface area contributed by atoms with Crippen molar-refractivity contribution in [2.24, 2.45) is 5.73 Å². The maximum absolute atomic E-state index is 11.2. The van der Waals surface area contributed by atoms with E-state index in [4.69, 9.17) is 10.5 Å². The minimum absolute atomic E-state index is 0.327. The van der Waals surface area contributed by atoms with Crippen LogP contribution in [0.3, 0.4) is 0 Å². The predicted octanol–water partition coefficient (Wildman–Crippen LogP) is 0.134. The standard InChI is InChI=1S/C12H17N3O3/c13-10(16)9-2-1-5-14-11(9)15-8-12(17)3-6-18-7-4-12/h1-2,5,17H,3-4,6-8H2,(H2,13,16)(H,14,15). The predicted molar refractivity (Wildman–Crippen MR) is 66.2 cm³/mol. The zero-order valence-electron chi connectivity index (χ0n) is 10.1. The summed E-state index contributed by atoms with van der Waals surface area (Å²) in [6, 6.07) is 3.25. The van der Waals surface area contributed by atoms with Crippen LogP contribution in [0.25, 0.3) is 0 Å². The summed E-state index contributed by atoms with van der Waals surface area (Å²) in [6.45, 7) is 1.42. The quantitative estimate of drug-likeness (QED) is 0.707. The number of anilines is 1. The van der Waals surface area contributed by atoms with Crippen LogP contribution in [0.4, 0.5) is 5.82 Å². The summed E-state index contributed by atoms with van der Waals surface area (Å²) < 4.78 is 5.20. The Hall–Kier alpha value is -1.66. The van der Waals surface area contributed by atoms with E-state index in [2.05, 4.69) is 10.3 Å². The van der Waals surface area contributed by atoms with Gasteiger partial charge in [0.15, 0.2) is 0 Å². The highest BCUT2D eigenvalue weighted by Gasteiger charge is 2.29. The van der Waals surface area contributed by atoms with Crippen molar-refractivity contribution < 1.29 is 14.6 Å². The number of carbonyl (C=O) groups is 1. The first-order chi connectivity index (χ1) is 8.61. The Kier molecular flexibility index (Phi) is 3.78. The van der Waals surface area contributed by atoms with E-state index in [0.29, 0.717) is 44.0 Å². The van der Waals surface area contributed by atoms with Crippen molar-refractivity contribution in [3.8, 4) is 0 Å². The second-order valence-electron chi connectivity index (χ2n) is 4.45. The van der Waals surface area contributed by atoms with E-state index in [1.54, 1.807) is 18.3 Å². The third-order valence-electron chi connectivity index (χ3n) is 3.08. The number of nitrogens with one attached hydrogen (secondary N) is 1. The number of ether oxygens (including phenoxy) is 1. The first kappa shape index (κ1) is 12.8. The highest BCUT2D eigenvalue weighted by Crippen LogP contribution is 2.21. The monoisotopic (exact) mass is 251 g/mol. The number of hydrogen-bond donors (Lipinski definition) is 3. The van der Waals surface area contributed by atoms with Crippen molar-refractivity contribution in [1.29, 1.82) is 0 Å². The number of primary amides is 1. The third kappa shape index (κ3) is 2.96. The second-order valence-corrected chi connectivity index (χ2v) is 4.45. The van der Waals surface area contributed by atoms with Crippen molar-refractivity contribution in [3.63, 3.8) is 0 Å². The van der Waals surface area contributed by atoms with Gasteiger partial charge in [0.1, 0.15) is 5.82 Å². The molecule has 0 bridgehead atoms. The van der Waals surface area contributed by atoms with Gasteiger partial charge in [-0.05, 0) is 12.1 Å². The van der Waals surface area contributed by atoms with E-state index in [9.17, 15) is 9.90 Å². The van der Waals surface area contributed by atoms with Crippen LogP contribution in [0.5, 0.6) is 0 Å². The molecular formula is C12H17N3O3. The Morgan fingerprint density at radius 1 is 1.56 bits per heavy atom. The lowest BCUT2D eigenvalue weighted by Crippen LogP contribution is -2.42. The Labute approximate surface area is 105 Å². The molecule has 0 saturated carbocycles. The Balaban J connectivity index is 2.03. The largest absolute Gasteiger partial charge is 0.388 e. The van der Waals surface area contributed by atoms with Gasteiger partial charge in [-0.25, -0.2) is 4.98 Å². The molecule has 1 aromatic heterocycles. The summed E-state index contributed by atoms with van der Waals surface area (Å²) >= 11 is 0. The van der Waals surface area contributed by atoms with Crippen LogP contribution in [0.1, 0.15) is 23.2 Å². The minimum Gasteiger partial charge on any atom is -0.388 e. The van der Waals surface area contributed by atoms with E-state index in [-0.39, 0.29) is 0 Å². The topological polar surface area (TPSA) is 97.5 Å². The van der Waals surface area contributed by atoms with Gasteiger partial charge < -0.3 is 20.9 Å². The van der Waals surface area contributed by atoms with Gasteiger partial charge in [-0.1, -0.05) is 0 Å². The Morgan fingerprint density at radius 2 is 2.28 bits per heavy atom. The fourth-order valence-electron chi connectivity index (χ4n) is 1.92. The molecule has 0 aliphatic carbocycles. The van der Waals surface area contributed by atoms with Gasteiger partial charge in [-0.3, -0.25) is 4.79 Å². The maximum Gasteiger partial charge on any atom is 0.252 e. The number of rotatable bonds is 4. The van der Waals surface area contributed by atoms with E-state index in [1.165, 1.54) is 0 Å². The molecule has 18 heavy (non-hydrogen) atoms. The zero-order chi connectivity index (χ0) is 13.0. The lowest BCUT2D eigenvalue weighted by Gasteiger charge is -2.32. The molecule has 4 N–H and O–H groups in total. The van der Waals surface area contributed by atoms with Crippen LogP contribution in [0, 0.1) is 0 Å². The number of carbonyl (C=O) groups excluding carboxylic acids is 1. The molecule has 1 aliphatic heterocycles. The summed E-state index contributed by atoms with van der Waals surface area (Å²) in [5, 5.41) is 13.3. The van der Waals surface area contributed by atoms with Crippen LogP contribution in [0.2, 0.25) is 0 Å². The average molecular weight is 251 g/mol. The molecule has 0 spiro atoms. The van der Waals surface area contributed by atoms with E-state index in [1.807, 2.05) is 0 Å². The summed E-state index contributed by atoms with van der Waals surface area (Å²) in [5.74, 6) is -0.130. The smallest absolute Gasteiger partial charge is 0.252 e. The van der Waals surface area contributed by atoms with Crippen molar-refractivity contribution in [2.75, 3.05) is 25.1 Å². The number of aliphatic hydroxyl groups is 1. The van der Waals surface area contributed by atoms with Gasteiger partial charge in [-0.15, -0.1) is 0 Å². The number of nitrogens with two attached hydrogens (primary N) is 1. The molecule has 0 radical (unpaired) electrons. The maximum atomic E-state index is 11.2. The number of amides is 1. The first-order valence-corrected chi connectivity index (χ1v) is 5.90. The summed E-state index contributed by atoms with van der Waals surface area (Å²) in [7, 11) is 0. The van der Waals surface area contributed by atoms with Crippen molar-refractivity contribution >= 4 is 11.7 Å². The molecule has 2 heterocycles. The fourth-order valence-corrected chi connectivity index (χ4v) is 1.92. The highest BCUT2D eigenvalue weighted by atomic mass is 16.5. The molecule has 98 valence electrons. The molecule has 6 heteroatoms. The summed E-state index contributed by atoms with van der Waals surface area (Å²) in [4.78, 5) is 15.3. The van der Waals surface area contributed by atoms with Crippen LogP contribution in [0.15, 0.2) is 18.3 Å². The molecule has 0 aromatic carbocycles. The van der Waals surface area contributed by atoms with Gasteiger partial charge >= 0.3 is 0 Å². The van der Waals surface area contributed by atoms with E-state index < -0.39 is 11.5 Å². The third-order valence-corrected chi connectivity index (χ3v) is 3.08. The number of aromatic nitrogens is 1. The normalized spacial score (nSPS) is 18.3. The van der Waals surface area contributed by atoms with Gasteiger partial charge in [-0.2, -0.15) is 0 Å². The Bertz CT molecular complexity index is 430. The molecule has 6 nitrogen and oxygen atoms in total. The van der Waals surface area contributed by atoms with Gasteiger partial charge in [0.25, 0.3) is 5.91 Å².